The highest BCUT2D eigenvalue weighted by Crippen LogP contribution is 2.20. The second-order valence-electron chi connectivity index (χ2n) is 6.05. The first-order valence-electron chi connectivity index (χ1n) is 8.84. The molecule has 0 radical (unpaired) electrons. The Kier molecular flexibility index (Phi) is 9.52. The molecule has 0 spiro atoms. The Morgan fingerprint density at radius 1 is 1.33 bits per heavy atom. The van der Waals surface area contributed by atoms with Crippen molar-refractivity contribution in [3.05, 3.63) is 53.3 Å². The second kappa shape index (κ2) is 12.1. The number of nitrogens with zero attached hydrogens (tertiary/aromatic N) is 1. The van der Waals surface area contributed by atoms with Gasteiger partial charge in [0, 0.05) is 30.2 Å². The van der Waals surface area contributed by atoms with Gasteiger partial charge in [-0.25, -0.2) is 9.37 Å². The standard InChI is InChI=1S/C19H21ClFN3O5S/c1-2-12(24-18(27)11-29-19-22-5-6-30-19)7-13(25)9-23-17(26)10-28-14-3-4-15(20)16(21)8-14/h2-6,8,12-13,25H,1,7,9-11H2,(H,23,26)(H,24,27)/t12?,13-/m0/s1. The minimum atomic E-state index is -0.940. The molecule has 8 nitrogen and oxygen atoms in total. The molecule has 3 N–H and O–H groups in total. The van der Waals surface area contributed by atoms with Crippen LogP contribution in [0, 0.1) is 5.82 Å². The van der Waals surface area contributed by atoms with Gasteiger partial charge in [0.25, 0.3) is 17.0 Å². The summed E-state index contributed by atoms with van der Waals surface area (Å²) in [6, 6.07) is 3.31. The number of aliphatic hydroxyl groups excluding tert-OH is 1. The van der Waals surface area contributed by atoms with Crippen molar-refractivity contribution in [2.24, 2.45) is 0 Å². The summed E-state index contributed by atoms with van der Waals surface area (Å²) in [5.41, 5.74) is 0. The Labute approximate surface area is 181 Å². The summed E-state index contributed by atoms with van der Waals surface area (Å²) >= 11 is 6.84. The first-order chi connectivity index (χ1) is 14.4. The normalized spacial score (nSPS) is 12.5. The van der Waals surface area contributed by atoms with Crippen LogP contribution < -0.4 is 20.1 Å². The molecule has 0 saturated carbocycles. The Morgan fingerprint density at radius 2 is 2.10 bits per heavy atom. The molecule has 11 heteroatoms. The highest BCUT2D eigenvalue weighted by Gasteiger charge is 2.16. The van der Waals surface area contributed by atoms with Crippen molar-refractivity contribution in [2.45, 2.75) is 18.6 Å². The fourth-order valence-electron chi connectivity index (χ4n) is 2.25. The van der Waals surface area contributed by atoms with Crippen molar-refractivity contribution in [3.8, 4) is 10.9 Å². The van der Waals surface area contributed by atoms with E-state index < -0.39 is 29.8 Å². The maximum Gasteiger partial charge on any atom is 0.273 e. The number of thiazole rings is 1. The highest BCUT2D eigenvalue weighted by molar-refractivity contribution is 7.11. The molecular weight excluding hydrogens is 437 g/mol. The lowest BCUT2D eigenvalue weighted by Crippen LogP contribution is -2.42. The molecule has 0 saturated heterocycles. The molecule has 1 heterocycles. The summed E-state index contributed by atoms with van der Waals surface area (Å²) in [7, 11) is 0. The molecule has 2 aromatic rings. The summed E-state index contributed by atoms with van der Waals surface area (Å²) in [6.45, 7) is 2.99. The summed E-state index contributed by atoms with van der Waals surface area (Å²) < 4.78 is 23.7. The average molecular weight is 458 g/mol. The molecule has 2 atom stereocenters. The minimum absolute atomic E-state index is 0.0476. The Bertz CT molecular complexity index is 853. The van der Waals surface area contributed by atoms with Crippen LogP contribution in [0.15, 0.2) is 42.4 Å². The first-order valence-corrected chi connectivity index (χ1v) is 10.1. The number of hydrogen-bond donors (Lipinski definition) is 3. The maximum atomic E-state index is 13.3. The molecule has 0 aliphatic carbocycles. The Morgan fingerprint density at radius 3 is 2.77 bits per heavy atom. The molecule has 1 aromatic heterocycles. The number of carbonyl (C=O) groups excluding carboxylic acids is 2. The van der Waals surface area contributed by atoms with Crippen molar-refractivity contribution in [1.82, 2.24) is 15.6 Å². The first kappa shape index (κ1) is 23.6. The van der Waals surface area contributed by atoms with Crippen molar-refractivity contribution in [2.75, 3.05) is 19.8 Å². The lowest BCUT2D eigenvalue weighted by molar-refractivity contribution is -0.124. The van der Waals surface area contributed by atoms with Gasteiger partial charge in [-0.15, -0.1) is 6.58 Å². The quantitative estimate of drug-likeness (QED) is 0.420. The van der Waals surface area contributed by atoms with Crippen molar-refractivity contribution >= 4 is 34.8 Å². The molecule has 0 aliphatic rings. The zero-order chi connectivity index (χ0) is 21.9. The van der Waals surface area contributed by atoms with Crippen LogP contribution in [-0.2, 0) is 9.59 Å². The van der Waals surface area contributed by atoms with Gasteiger partial charge in [0.2, 0.25) is 0 Å². The third kappa shape index (κ3) is 8.36. The number of carbonyl (C=O) groups is 2. The number of rotatable bonds is 12. The van der Waals surface area contributed by atoms with Gasteiger partial charge >= 0.3 is 0 Å². The van der Waals surface area contributed by atoms with Gasteiger partial charge in [0.15, 0.2) is 13.2 Å². The predicted octanol–water partition coefficient (Wildman–Crippen LogP) is 1.93. The molecule has 2 amide bonds. The molecule has 162 valence electrons. The molecule has 0 fully saturated rings. The van der Waals surface area contributed by atoms with Crippen LogP contribution >= 0.6 is 22.9 Å². The monoisotopic (exact) mass is 457 g/mol. The number of benzene rings is 1. The van der Waals surface area contributed by atoms with Crippen LogP contribution in [0.2, 0.25) is 5.02 Å². The van der Waals surface area contributed by atoms with Gasteiger partial charge < -0.3 is 25.2 Å². The van der Waals surface area contributed by atoms with E-state index >= 15 is 0 Å². The predicted molar refractivity (Wildman–Crippen MR) is 110 cm³/mol. The molecule has 30 heavy (non-hydrogen) atoms. The van der Waals surface area contributed by atoms with E-state index in [0.717, 1.165) is 6.07 Å². The highest BCUT2D eigenvalue weighted by atomic mass is 35.5. The smallest absolute Gasteiger partial charge is 0.273 e. The Hall–Kier alpha value is -2.69. The third-order valence-corrected chi connectivity index (χ3v) is 4.68. The zero-order valence-electron chi connectivity index (χ0n) is 15.8. The van der Waals surface area contributed by atoms with Gasteiger partial charge in [0.05, 0.1) is 11.1 Å². The van der Waals surface area contributed by atoms with Crippen LogP contribution in [0.3, 0.4) is 0 Å². The fraction of sp³-hybridized carbons (Fsp3) is 0.316. The number of nitrogens with one attached hydrogen (secondary N) is 2. The molecule has 2 rings (SSSR count). The summed E-state index contributed by atoms with van der Waals surface area (Å²) in [5.74, 6) is -1.39. The zero-order valence-corrected chi connectivity index (χ0v) is 17.4. The summed E-state index contributed by atoms with van der Waals surface area (Å²) in [4.78, 5) is 27.6. The number of aromatic nitrogens is 1. The average Bonchev–Trinajstić information content (AvgIpc) is 3.24. The number of amides is 2. The Balaban J connectivity index is 1.66. The van der Waals surface area contributed by atoms with E-state index in [-0.39, 0.29) is 37.0 Å². The summed E-state index contributed by atoms with van der Waals surface area (Å²) in [5, 5.41) is 17.3. The van der Waals surface area contributed by atoms with E-state index in [9.17, 15) is 19.1 Å². The van der Waals surface area contributed by atoms with Crippen molar-refractivity contribution in [3.63, 3.8) is 0 Å². The lowest BCUT2D eigenvalue weighted by atomic mass is 10.1. The molecule has 1 aromatic carbocycles. The van der Waals surface area contributed by atoms with Crippen molar-refractivity contribution < 1.29 is 28.6 Å². The molecular formula is C19H21ClFN3O5S. The van der Waals surface area contributed by atoms with E-state index in [1.807, 2.05) is 0 Å². The number of aliphatic hydroxyl groups is 1. The molecule has 0 bridgehead atoms. The maximum absolute atomic E-state index is 13.3. The van der Waals surface area contributed by atoms with Crippen LogP contribution in [0.25, 0.3) is 0 Å². The van der Waals surface area contributed by atoms with E-state index in [1.54, 1.807) is 11.6 Å². The van der Waals surface area contributed by atoms with E-state index in [4.69, 9.17) is 21.1 Å². The van der Waals surface area contributed by atoms with Crippen LogP contribution in [0.1, 0.15) is 6.42 Å². The second-order valence-corrected chi connectivity index (χ2v) is 7.32. The minimum Gasteiger partial charge on any atom is -0.484 e. The SMILES string of the molecule is C=CC(C[C@H](O)CNC(=O)COc1ccc(Cl)c(F)c1)NC(=O)COc1nccs1. The van der Waals surface area contributed by atoms with Gasteiger partial charge in [-0.1, -0.05) is 29.0 Å². The van der Waals surface area contributed by atoms with Gasteiger partial charge in [-0.3, -0.25) is 9.59 Å². The lowest BCUT2D eigenvalue weighted by Gasteiger charge is -2.19. The topological polar surface area (TPSA) is 110 Å². The van der Waals surface area contributed by atoms with Gasteiger partial charge in [-0.2, -0.15) is 0 Å². The third-order valence-electron chi connectivity index (χ3n) is 3.69. The molecule has 0 aliphatic heterocycles. The van der Waals surface area contributed by atoms with Crippen LogP contribution in [-0.4, -0.2) is 53.8 Å². The van der Waals surface area contributed by atoms with Crippen LogP contribution in [0.4, 0.5) is 4.39 Å². The number of ether oxygens (including phenoxy) is 2. The number of halogens is 2. The number of hydrogen-bond acceptors (Lipinski definition) is 7. The van der Waals surface area contributed by atoms with Gasteiger partial charge in [0.1, 0.15) is 11.6 Å². The van der Waals surface area contributed by atoms with Crippen LogP contribution in [0.5, 0.6) is 10.9 Å². The molecule has 1 unspecified atom stereocenters. The van der Waals surface area contributed by atoms with E-state index in [0.29, 0.717) is 5.19 Å². The largest absolute Gasteiger partial charge is 0.484 e. The van der Waals surface area contributed by atoms with Crippen molar-refractivity contribution in [1.29, 1.82) is 0 Å². The summed E-state index contributed by atoms with van der Waals surface area (Å²) in [6.07, 6.45) is 2.24. The van der Waals surface area contributed by atoms with E-state index in [2.05, 4.69) is 22.2 Å². The van der Waals surface area contributed by atoms with E-state index in [1.165, 1.54) is 29.5 Å². The fourth-order valence-corrected chi connectivity index (χ4v) is 2.85. The van der Waals surface area contributed by atoms with Gasteiger partial charge in [-0.05, 0) is 18.6 Å².